The van der Waals surface area contributed by atoms with Crippen LogP contribution in [0.15, 0.2) is 18.2 Å². The van der Waals surface area contributed by atoms with Crippen molar-refractivity contribution in [3.05, 3.63) is 29.3 Å². The fraction of sp³-hybridized carbons (Fsp3) is 0.625. The average Bonchev–Trinajstić information content (AvgIpc) is 2.28. The first-order valence-corrected chi connectivity index (χ1v) is 7.06. The van der Waals surface area contributed by atoms with Crippen LogP contribution in [-0.4, -0.2) is 23.0 Å². The van der Waals surface area contributed by atoms with Gasteiger partial charge in [-0.05, 0) is 63.8 Å². The van der Waals surface area contributed by atoms with Crippen LogP contribution in [0.5, 0.6) is 0 Å². The van der Waals surface area contributed by atoms with Crippen molar-refractivity contribution < 1.29 is 0 Å². The summed E-state index contributed by atoms with van der Waals surface area (Å²) in [4.78, 5) is 2.62. The Balaban J connectivity index is 2.22. The topological polar surface area (TPSA) is 29.3 Å². The molecule has 0 bridgehead atoms. The molecule has 0 saturated carbocycles. The third-order valence-electron chi connectivity index (χ3n) is 4.14. The summed E-state index contributed by atoms with van der Waals surface area (Å²) in [7, 11) is 0. The lowest BCUT2D eigenvalue weighted by atomic mass is 9.85. The maximum atomic E-state index is 6.07. The first-order chi connectivity index (χ1) is 8.43. The zero-order valence-corrected chi connectivity index (χ0v) is 12.2. The predicted octanol–water partition coefficient (Wildman–Crippen LogP) is 3.25. The number of nitrogens with two attached hydrogens (primary N) is 1. The number of nitrogen functional groups attached to an aromatic ring is 1. The molecule has 1 aromatic rings. The number of likely N-dealkylation sites (N-methyl/N-ethyl adjacent to an activating group) is 1. The summed E-state index contributed by atoms with van der Waals surface area (Å²) >= 11 is 0. The highest BCUT2D eigenvalue weighted by atomic mass is 15.2. The van der Waals surface area contributed by atoms with Crippen LogP contribution in [0.4, 0.5) is 5.69 Å². The Morgan fingerprint density at radius 2 is 2.06 bits per heavy atom. The Labute approximate surface area is 111 Å². The van der Waals surface area contributed by atoms with E-state index in [0.29, 0.717) is 6.04 Å². The van der Waals surface area contributed by atoms with Crippen LogP contribution in [0, 0.1) is 0 Å². The van der Waals surface area contributed by atoms with Gasteiger partial charge in [-0.15, -0.1) is 0 Å². The Bertz CT molecular complexity index is 418. The number of nitrogens with zero attached hydrogens (tertiary/aromatic N) is 1. The summed E-state index contributed by atoms with van der Waals surface area (Å²) in [5.74, 6) is 0. The van der Waals surface area contributed by atoms with Crippen molar-refractivity contribution in [2.24, 2.45) is 0 Å². The quantitative estimate of drug-likeness (QED) is 0.812. The Morgan fingerprint density at radius 3 is 2.67 bits per heavy atom. The van der Waals surface area contributed by atoms with Gasteiger partial charge in [0.2, 0.25) is 0 Å². The van der Waals surface area contributed by atoms with Gasteiger partial charge in [-0.2, -0.15) is 0 Å². The molecule has 2 heteroatoms. The Kier molecular flexibility index (Phi) is 3.67. The number of fused-ring (bicyclic) bond motifs is 1. The number of rotatable bonds is 2. The maximum absolute atomic E-state index is 6.07. The molecule has 1 unspecified atom stereocenters. The number of hydrogen-bond acceptors (Lipinski definition) is 2. The molecule has 0 radical (unpaired) electrons. The van der Waals surface area contributed by atoms with Crippen LogP contribution in [0.2, 0.25) is 0 Å². The molecule has 2 rings (SSSR count). The minimum atomic E-state index is 0.247. The van der Waals surface area contributed by atoms with Gasteiger partial charge in [0.05, 0.1) is 0 Å². The highest BCUT2D eigenvalue weighted by Gasteiger charge is 2.30. The second-order valence-corrected chi connectivity index (χ2v) is 6.34. The second kappa shape index (κ2) is 4.93. The Morgan fingerprint density at radius 1 is 1.33 bits per heavy atom. The van der Waals surface area contributed by atoms with E-state index < -0.39 is 0 Å². The standard InChI is InChI=1S/C16H26N2/c1-5-18(16(2,3)4)13-9-10-14-12(11-13)7-6-8-15(14)17/h6-8,13H,5,9-11,17H2,1-4H3. The van der Waals surface area contributed by atoms with Crippen LogP contribution in [0.3, 0.4) is 0 Å². The van der Waals surface area contributed by atoms with E-state index in [9.17, 15) is 0 Å². The smallest absolute Gasteiger partial charge is 0.0349 e. The monoisotopic (exact) mass is 246 g/mol. The fourth-order valence-corrected chi connectivity index (χ4v) is 3.36. The molecule has 2 N–H and O–H groups in total. The fourth-order valence-electron chi connectivity index (χ4n) is 3.36. The van der Waals surface area contributed by atoms with Crippen molar-refractivity contribution in [2.75, 3.05) is 12.3 Å². The van der Waals surface area contributed by atoms with Gasteiger partial charge in [0, 0.05) is 17.3 Å². The van der Waals surface area contributed by atoms with Crippen molar-refractivity contribution in [1.82, 2.24) is 4.90 Å². The molecular formula is C16H26N2. The van der Waals surface area contributed by atoms with E-state index in [2.05, 4.69) is 44.7 Å². The molecule has 0 aliphatic heterocycles. The average molecular weight is 246 g/mol. The molecule has 0 fully saturated rings. The lowest BCUT2D eigenvalue weighted by molar-refractivity contribution is 0.0800. The van der Waals surface area contributed by atoms with E-state index in [-0.39, 0.29) is 5.54 Å². The van der Waals surface area contributed by atoms with Crippen LogP contribution in [0.25, 0.3) is 0 Å². The molecule has 1 aromatic carbocycles. The van der Waals surface area contributed by atoms with Crippen LogP contribution < -0.4 is 5.73 Å². The summed E-state index contributed by atoms with van der Waals surface area (Å²) < 4.78 is 0. The Hall–Kier alpha value is -1.02. The van der Waals surface area contributed by atoms with E-state index in [1.807, 2.05) is 6.07 Å². The van der Waals surface area contributed by atoms with E-state index in [1.54, 1.807) is 0 Å². The number of benzene rings is 1. The van der Waals surface area contributed by atoms with Gasteiger partial charge in [0.1, 0.15) is 0 Å². The van der Waals surface area contributed by atoms with Crippen molar-refractivity contribution in [3.8, 4) is 0 Å². The molecule has 0 heterocycles. The van der Waals surface area contributed by atoms with Crippen molar-refractivity contribution in [1.29, 1.82) is 0 Å². The predicted molar refractivity (Wildman–Crippen MR) is 78.8 cm³/mol. The van der Waals surface area contributed by atoms with Gasteiger partial charge in [-0.25, -0.2) is 0 Å². The molecule has 1 aliphatic rings. The van der Waals surface area contributed by atoms with Crippen molar-refractivity contribution >= 4 is 5.69 Å². The molecule has 2 nitrogen and oxygen atoms in total. The van der Waals surface area contributed by atoms with Crippen molar-refractivity contribution in [2.45, 2.75) is 58.5 Å². The van der Waals surface area contributed by atoms with Gasteiger partial charge < -0.3 is 5.73 Å². The van der Waals surface area contributed by atoms with Gasteiger partial charge in [-0.3, -0.25) is 4.90 Å². The van der Waals surface area contributed by atoms with Gasteiger partial charge in [0.25, 0.3) is 0 Å². The second-order valence-electron chi connectivity index (χ2n) is 6.34. The molecule has 0 amide bonds. The molecule has 100 valence electrons. The normalized spacial score (nSPS) is 19.9. The summed E-state index contributed by atoms with van der Waals surface area (Å²) in [6, 6.07) is 7.02. The first kappa shape index (κ1) is 13.4. The van der Waals surface area contributed by atoms with Crippen LogP contribution >= 0.6 is 0 Å². The lowest BCUT2D eigenvalue weighted by Crippen LogP contribution is -2.50. The van der Waals surface area contributed by atoms with E-state index in [1.165, 1.54) is 17.5 Å². The van der Waals surface area contributed by atoms with Crippen LogP contribution in [-0.2, 0) is 12.8 Å². The van der Waals surface area contributed by atoms with E-state index >= 15 is 0 Å². The highest BCUT2D eigenvalue weighted by molar-refractivity contribution is 5.52. The molecule has 0 saturated heterocycles. The summed E-state index contributed by atoms with van der Waals surface area (Å²) in [5.41, 5.74) is 10.1. The summed E-state index contributed by atoms with van der Waals surface area (Å²) in [6.45, 7) is 10.3. The highest BCUT2D eigenvalue weighted by Crippen LogP contribution is 2.31. The molecule has 0 aromatic heterocycles. The van der Waals surface area contributed by atoms with E-state index in [4.69, 9.17) is 5.73 Å². The molecule has 1 atom stereocenters. The minimum Gasteiger partial charge on any atom is -0.398 e. The van der Waals surface area contributed by atoms with Gasteiger partial charge >= 0.3 is 0 Å². The molecule has 18 heavy (non-hydrogen) atoms. The largest absolute Gasteiger partial charge is 0.398 e. The minimum absolute atomic E-state index is 0.247. The number of anilines is 1. The molecule has 0 spiro atoms. The third-order valence-corrected chi connectivity index (χ3v) is 4.14. The summed E-state index contributed by atoms with van der Waals surface area (Å²) in [5, 5.41) is 0. The molecule has 1 aliphatic carbocycles. The molecular weight excluding hydrogens is 220 g/mol. The van der Waals surface area contributed by atoms with Crippen molar-refractivity contribution in [3.63, 3.8) is 0 Å². The third kappa shape index (κ3) is 2.54. The maximum Gasteiger partial charge on any atom is 0.0349 e. The number of hydrogen-bond donors (Lipinski definition) is 1. The first-order valence-electron chi connectivity index (χ1n) is 7.06. The zero-order valence-electron chi connectivity index (χ0n) is 12.2. The SMILES string of the molecule is CCN(C1CCc2c(N)cccc2C1)C(C)(C)C. The zero-order chi connectivity index (χ0) is 13.3. The van der Waals surface area contributed by atoms with Crippen LogP contribution in [0.1, 0.15) is 45.2 Å². The van der Waals surface area contributed by atoms with E-state index in [0.717, 1.165) is 25.1 Å². The lowest BCUT2D eigenvalue weighted by Gasteiger charge is -2.43. The summed E-state index contributed by atoms with van der Waals surface area (Å²) in [6.07, 6.45) is 3.50. The van der Waals surface area contributed by atoms with Gasteiger partial charge in [-0.1, -0.05) is 19.1 Å². The van der Waals surface area contributed by atoms with Gasteiger partial charge in [0.15, 0.2) is 0 Å².